The Morgan fingerprint density at radius 1 is 0.868 bits per heavy atom. The molecule has 0 heterocycles. The molecular formula is C29H34ClN3O4S. The molecule has 0 spiro atoms. The van der Waals surface area contributed by atoms with Crippen molar-refractivity contribution in [3.8, 4) is 0 Å². The summed E-state index contributed by atoms with van der Waals surface area (Å²) in [4.78, 5) is 28.5. The van der Waals surface area contributed by atoms with Gasteiger partial charge in [0.05, 0.1) is 10.6 Å². The van der Waals surface area contributed by atoms with Crippen LogP contribution in [0, 0.1) is 0 Å². The van der Waals surface area contributed by atoms with Gasteiger partial charge in [0.15, 0.2) is 0 Å². The fraction of sp³-hybridized carbons (Fsp3) is 0.310. The minimum Gasteiger partial charge on any atom is -0.355 e. The standard InChI is InChI=1S/C29H34ClN3O4S/c1-4-22-14-11-13-19-27(22)33(38(36,37)24-16-8-7-9-17-24)21-28(34)32(26(5-2)29(35)31-6-3)20-23-15-10-12-18-25(23)30/h7-19,26H,4-6,20-21H2,1-3H3,(H,31,35)/t26-/m1/s1. The van der Waals surface area contributed by atoms with Crippen molar-refractivity contribution in [2.45, 2.75) is 51.1 Å². The van der Waals surface area contributed by atoms with Gasteiger partial charge in [-0.2, -0.15) is 0 Å². The number of aryl methyl sites for hydroxylation is 1. The van der Waals surface area contributed by atoms with Crippen LogP contribution in [-0.4, -0.2) is 44.3 Å². The molecule has 9 heteroatoms. The van der Waals surface area contributed by atoms with Crippen molar-refractivity contribution in [1.82, 2.24) is 10.2 Å². The van der Waals surface area contributed by atoms with E-state index in [1.165, 1.54) is 17.0 Å². The van der Waals surface area contributed by atoms with Gasteiger partial charge in [-0.15, -0.1) is 0 Å². The van der Waals surface area contributed by atoms with E-state index in [9.17, 15) is 18.0 Å². The van der Waals surface area contributed by atoms with Crippen LogP contribution < -0.4 is 9.62 Å². The largest absolute Gasteiger partial charge is 0.355 e. The lowest BCUT2D eigenvalue weighted by Crippen LogP contribution is -2.52. The van der Waals surface area contributed by atoms with Gasteiger partial charge >= 0.3 is 0 Å². The van der Waals surface area contributed by atoms with Gasteiger partial charge in [-0.05, 0) is 55.2 Å². The summed E-state index contributed by atoms with van der Waals surface area (Å²) in [7, 11) is -4.10. The number of hydrogen-bond acceptors (Lipinski definition) is 4. The Kier molecular flexibility index (Phi) is 10.3. The average Bonchev–Trinajstić information content (AvgIpc) is 2.93. The summed E-state index contributed by atoms with van der Waals surface area (Å²) in [5, 5.41) is 3.25. The summed E-state index contributed by atoms with van der Waals surface area (Å²) in [6.45, 7) is 5.54. The third-order valence-corrected chi connectivity index (χ3v) is 8.43. The van der Waals surface area contributed by atoms with E-state index in [1.807, 2.05) is 26.0 Å². The molecular weight excluding hydrogens is 522 g/mol. The van der Waals surface area contributed by atoms with Crippen molar-refractivity contribution in [2.75, 3.05) is 17.4 Å². The van der Waals surface area contributed by atoms with Gasteiger partial charge < -0.3 is 10.2 Å². The van der Waals surface area contributed by atoms with Crippen LogP contribution in [0.25, 0.3) is 0 Å². The van der Waals surface area contributed by atoms with Gasteiger partial charge in [0.2, 0.25) is 11.8 Å². The molecule has 0 radical (unpaired) electrons. The first-order valence-corrected chi connectivity index (χ1v) is 14.5. The van der Waals surface area contributed by atoms with Crippen LogP contribution in [0.2, 0.25) is 5.02 Å². The second-order valence-corrected chi connectivity index (χ2v) is 11.0. The lowest BCUT2D eigenvalue weighted by molar-refractivity contribution is -0.140. The Hall–Kier alpha value is -3.36. The molecule has 0 unspecified atom stereocenters. The molecule has 1 N–H and O–H groups in total. The summed E-state index contributed by atoms with van der Waals surface area (Å²) in [6, 6.07) is 21.5. The van der Waals surface area contributed by atoms with Crippen molar-refractivity contribution in [2.24, 2.45) is 0 Å². The molecule has 0 bridgehead atoms. The van der Waals surface area contributed by atoms with Crippen molar-refractivity contribution < 1.29 is 18.0 Å². The van der Waals surface area contributed by atoms with Crippen molar-refractivity contribution in [3.05, 3.63) is 95.0 Å². The van der Waals surface area contributed by atoms with E-state index in [1.54, 1.807) is 61.5 Å². The summed E-state index contributed by atoms with van der Waals surface area (Å²) >= 11 is 6.41. The maximum atomic E-state index is 14.0. The first kappa shape index (κ1) is 29.2. The van der Waals surface area contributed by atoms with E-state index in [4.69, 9.17) is 11.6 Å². The zero-order valence-electron chi connectivity index (χ0n) is 21.9. The highest BCUT2D eigenvalue weighted by molar-refractivity contribution is 7.92. The predicted molar refractivity (Wildman–Crippen MR) is 152 cm³/mol. The molecule has 7 nitrogen and oxygen atoms in total. The molecule has 3 rings (SSSR count). The zero-order chi connectivity index (χ0) is 27.7. The number of carbonyl (C=O) groups is 2. The number of nitrogens with zero attached hydrogens (tertiary/aromatic N) is 2. The van der Waals surface area contributed by atoms with Crippen molar-refractivity contribution >= 4 is 39.1 Å². The van der Waals surface area contributed by atoms with Crippen LogP contribution in [0.3, 0.4) is 0 Å². The molecule has 0 aliphatic rings. The van der Waals surface area contributed by atoms with Gasteiger partial charge in [-0.25, -0.2) is 8.42 Å². The molecule has 202 valence electrons. The van der Waals surface area contributed by atoms with Crippen LogP contribution in [0.15, 0.2) is 83.8 Å². The molecule has 0 aliphatic heterocycles. The lowest BCUT2D eigenvalue weighted by atomic mass is 10.1. The third-order valence-electron chi connectivity index (χ3n) is 6.29. The maximum absolute atomic E-state index is 14.0. The number of para-hydroxylation sites is 1. The van der Waals surface area contributed by atoms with Crippen LogP contribution in [0.1, 0.15) is 38.3 Å². The topological polar surface area (TPSA) is 86.8 Å². The van der Waals surface area contributed by atoms with Gasteiger partial charge in [-0.1, -0.05) is 80.0 Å². The summed E-state index contributed by atoms with van der Waals surface area (Å²) < 4.78 is 29.0. The molecule has 1 atom stereocenters. The monoisotopic (exact) mass is 555 g/mol. The van der Waals surface area contributed by atoms with Gasteiger partial charge in [0, 0.05) is 18.1 Å². The molecule has 2 amide bonds. The molecule has 0 saturated carbocycles. The number of benzene rings is 3. The molecule has 3 aromatic rings. The van der Waals surface area contributed by atoms with Gasteiger partial charge in [-0.3, -0.25) is 13.9 Å². The maximum Gasteiger partial charge on any atom is 0.264 e. The Balaban J connectivity index is 2.10. The fourth-order valence-corrected chi connectivity index (χ4v) is 5.98. The smallest absolute Gasteiger partial charge is 0.264 e. The van der Waals surface area contributed by atoms with Gasteiger partial charge in [0.1, 0.15) is 12.6 Å². The number of anilines is 1. The highest BCUT2D eigenvalue weighted by Gasteiger charge is 2.34. The second kappa shape index (κ2) is 13.4. The second-order valence-electron chi connectivity index (χ2n) is 8.74. The first-order chi connectivity index (χ1) is 18.2. The lowest BCUT2D eigenvalue weighted by Gasteiger charge is -2.33. The van der Waals surface area contributed by atoms with E-state index < -0.39 is 28.5 Å². The van der Waals surface area contributed by atoms with Crippen molar-refractivity contribution in [1.29, 1.82) is 0 Å². The summed E-state index contributed by atoms with van der Waals surface area (Å²) in [5.74, 6) is -0.810. The van der Waals surface area contributed by atoms with Crippen LogP contribution in [0.4, 0.5) is 5.69 Å². The number of likely N-dealkylation sites (N-methyl/N-ethyl adjacent to an activating group) is 1. The minimum atomic E-state index is -4.10. The van der Waals surface area contributed by atoms with E-state index in [0.717, 1.165) is 9.87 Å². The van der Waals surface area contributed by atoms with Crippen LogP contribution in [0.5, 0.6) is 0 Å². The number of amides is 2. The molecule has 0 saturated heterocycles. The van der Waals surface area contributed by atoms with E-state index in [0.29, 0.717) is 35.7 Å². The normalized spacial score (nSPS) is 12.0. The van der Waals surface area contributed by atoms with E-state index in [-0.39, 0.29) is 17.3 Å². The average molecular weight is 556 g/mol. The quantitative estimate of drug-likeness (QED) is 0.339. The molecule has 38 heavy (non-hydrogen) atoms. The number of halogens is 1. The first-order valence-electron chi connectivity index (χ1n) is 12.7. The third kappa shape index (κ3) is 6.74. The summed E-state index contributed by atoms with van der Waals surface area (Å²) in [6.07, 6.45) is 0.921. The Morgan fingerprint density at radius 3 is 2.08 bits per heavy atom. The number of hydrogen-bond donors (Lipinski definition) is 1. The molecule has 0 fully saturated rings. The highest BCUT2D eigenvalue weighted by atomic mass is 35.5. The fourth-order valence-electron chi connectivity index (χ4n) is 4.31. The highest BCUT2D eigenvalue weighted by Crippen LogP contribution is 2.28. The van der Waals surface area contributed by atoms with E-state index in [2.05, 4.69) is 5.32 Å². The van der Waals surface area contributed by atoms with E-state index >= 15 is 0 Å². The zero-order valence-corrected chi connectivity index (χ0v) is 23.5. The van der Waals surface area contributed by atoms with Crippen LogP contribution in [-0.2, 0) is 32.6 Å². The Morgan fingerprint density at radius 2 is 1.47 bits per heavy atom. The molecule has 0 aliphatic carbocycles. The minimum absolute atomic E-state index is 0.0583. The Bertz CT molecular complexity index is 1350. The van der Waals surface area contributed by atoms with Gasteiger partial charge in [0.25, 0.3) is 10.0 Å². The van der Waals surface area contributed by atoms with Crippen molar-refractivity contribution in [3.63, 3.8) is 0 Å². The number of sulfonamides is 1. The van der Waals surface area contributed by atoms with Crippen LogP contribution >= 0.6 is 11.6 Å². The molecule has 3 aromatic carbocycles. The summed E-state index contributed by atoms with van der Waals surface area (Å²) in [5.41, 5.74) is 1.88. The SMILES string of the molecule is CCNC(=O)[C@@H](CC)N(Cc1ccccc1Cl)C(=O)CN(c1ccccc1CC)S(=O)(=O)c1ccccc1. The Labute approximate surface area is 230 Å². The molecule has 0 aromatic heterocycles. The number of carbonyl (C=O) groups excluding carboxylic acids is 2. The number of rotatable bonds is 12. The predicted octanol–water partition coefficient (Wildman–Crippen LogP) is 5.04. The number of nitrogens with one attached hydrogen (secondary N) is 1.